The third-order valence-electron chi connectivity index (χ3n) is 4.42. The lowest BCUT2D eigenvalue weighted by atomic mass is 10.2. The Hall–Kier alpha value is -1.62. The van der Waals surface area contributed by atoms with E-state index in [0.29, 0.717) is 12.2 Å². The number of nitrogens with one attached hydrogen (secondary N) is 1. The van der Waals surface area contributed by atoms with Crippen molar-refractivity contribution in [2.75, 3.05) is 56.6 Å². The molecule has 1 aromatic heterocycles. The molecule has 3 rings (SSSR count). The minimum atomic E-state index is -0.160. The Kier molecular flexibility index (Phi) is 8.74. The molecule has 0 aliphatic carbocycles. The molecule has 0 atom stereocenters. The summed E-state index contributed by atoms with van der Waals surface area (Å²) in [7, 11) is 3.98. The summed E-state index contributed by atoms with van der Waals surface area (Å²) >= 11 is 1.63. The van der Waals surface area contributed by atoms with Gasteiger partial charge in [-0.1, -0.05) is 12.1 Å². The monoisotopic (exact) mass is 518 g/mol. The molecule has 2 aromatic rings. The van der Waals surface area contributed by atoms with Gasteiger partial charge in [0.2, 0.25) is 0 Å². The summed E-state index contributed by atoms with van der Waals surface area (Å²) in [6.07, 6.45) is 0. The number of halogens is 2. The van der Waals surface area contributed by atoms with E-state index in [2.05, 4.69) is 32.4 Å². The van der Waals surface area contributed by atoms with E-state index in [9.17, 15) is 4.39 Å². The zero-order valence-corrected chi connectivity index (χ0v) is 19.7. The topological polar surface area (TPSA) is 47.0 Å². The second-order valence-electron chi connectivity index (χ2n) is 6.61. The number of para-hydroxylation sites is 1. The fourth-order valence-corrected chi connectivity index (χ4v) is 3.77. The van der Waals surface area contributed by atoms with E-state index >= 15 is 0 Å². The molecule has 154 valence electrons. The Morgan fingerprint density at radius 1 is 1.25 bits per heavy atom. The molecule has 28 heavy (non-hydrogen) atoms. The number of aromatic nitrogens is 1. The molecule has 0 unspecified atom stereocenters. The zero-order chi connectivity index (χ0) is 19.2. The first kappa shape index (κ1) is 22.7. The van der Waals surface area contributed by atoms with Crippen molar-refractivity contribution >= 4 is 52.1 Å². The highest BCUT2D eigenvalue weighted by atomic mass is 127. The van der Waals surface area contributed by atoms with Crippen molar-refractivity contribution in [3.05, 3.63) is 41.2 Å². The van der Waals surface area contributed by atoms with Crippen molar-refractivity contribution in [1.29, 1.82) is 0 Å². The lowest BCUT2D eigenvalue weighted by Crippen LogP contribution is -2.52. The van der Waals surface area contributed by atoms with E-state index in [1.54, 1.807) is 17.4 Å². The van der Waals surface area contributed by atoms with Crippen molar-refractivity contribution < 1.29 is 4.39 Å². The molecule has 0 bridgehead atoms. The highest BCUT2D eigenvalue weighted by molar-refractivity contribution is 14.0. The molecule has 0 saturated carbocycles. The molecular weight excluding hydrogens is 490 g/mol. The van der Waals surface area contributed by atoms with Crippen LogP contribution in [0.3, 0.4) is 0 Å². The first-order valence-corrected chi connectivity index (χ1v) is 10.1. The summed E-state index contributed by atoms with van der Waals surface area (Å²) in [5.74, 6) is 0.733. The second-order valence-corrected chi connectivity index (χ2v) is 7.45. The van der Waals surface area contributed by atoms with E-state index in [0.717, 1.165) is 49.5 Å². The summed E-state index contributed by atoms with van der Waals surface area (Å²) in [4.78, 5) is 15.7. The molecule has 2 heterocycles. The average Bonchev–Trinajstić information content (AvgIpc) is 3.15. The molecule has 0 amide bonds. The van der Waals surface area contributed by atoms with Gasteiger partial charge in [0, 0.05) is 52.2 Å². The SMILES string of the molecule is CCNC(=NCc1csc(N(C)C)n1)N1CCN(c2ccccc2F)CC1.I. The van der Waals surface area contributed by atoms with Crippen LogP contribution in [0.5, 0.6) is 0 Å². The maximum absolute atomic E-state index is 14.0. The molecule has 9 heteroatoms. The van der Waals surface area contributed by atoms with Gasteiger partial charge in [-0.05, 0) is 19.1 Å². The van der Waals surface area contributed by atoms with Gasteiger partial charge in [0.05, 0.1) is 17.9 Å². The first-order valence-electron chi connectivity index (χ1n) is 9.23. The van der Waals surface area contributed by atoms with Gasteiger partial charge in [-0.3, -0.25) is 0 Å². The highest BCUT2D eigenvalue weighted by Gasteiger charge is 2.21. The van der Waals surface area contributed by atoms with Crippen LogP contribution in [0.25, 0.3) is 0 Å². The largest absolute Gasteiger partial charge is 0.366 e. The lowest BCUT2D eigenvalue weighted by Gasteiger charge is -2.37. The van der Waals surface area contributed by atoms with E-state index < -0.39 is 0 Å². The van der Waals surface area contributed by atoms with Crippen LogP contribution in [-0.4, -0.2) is 62.7 Å². The number of anilines is 2. The number of rotatable bonds is 5. The third-order valence-corrected chi connectivity index (χ3v) is 5.48. The Bertz CT molecular complexity index is 773. The van der Waals surface area contributed by atoms with Crippen molar-refractivity contribution in [1.82, 2.24) is 15.2 Å². The van der Waals surface area contributed by atoms with Gasteiger partial charge in [-0.2, -0.15) is 0 Å². The molecule has 0 spiro atoms. The lowest BCUT2D eigenvalue weighted by molar-refractivity contribution is 0.370. The summed E-state index contributed by atoms with van der Waals surface area (Å²) in [6.45, 7) is 6.59. The Balaban J connectivity index is 0.00000280. The summed E-state index contributed by atoms with van der Waals surface area (Å²) in [6, 6.07) is 6.97. The van der Waals surface area contributed by atoms with Crippen molar-refractivity contribution in [3.63, 3.8) is 0 Å². The van der Waals surface area contributed by atoms with Crippen molar-refractivity contribution in [2.24, 2.45) is 4.99 Å². The van der Waals surface area contributed by atoms with Crippen LogP contribution in [0.2, 0.25) is 0 Å². The number of thiazole rings is 1. The Labute approximate surface area is 187 Å². The number of guanidine groups is 1. The standard InChI is InChI=1S/C19H27FN6S.HI/c1-4-21-18(22-13-15-14-27-19(23-15)24(2)3)26-11-9-25(10-12-26)17-8-6-5-7-16(17)20;/h5-8,14H,4,9-13H2,1-3H3,(H,21,22);1H. The fourth-order valence-electron chi connectivity index (χ4n) is 3.02. The molecule has 1 fully saturated rings. The molecular formula is C19H28FIN6S. The summed E-state index contributed by atoms with van der Waals surface area (Å²) in [5, 5.41) is 6.41. The van der Waals surface area contributed by atoms with Gasteiger partial charge < -0.3 is 20.0 Å². The summed E-state index contributed by atoms with van der Waals surface area (Å²) < 4.78 is 14.0. The number of piperazine rings is 1. The van der Waals surface area contributed by atoms with Gasteiger partial charge in [-0.25, -0.2) is 14.4 Å². The molecule has 1 N–H and O–H groups in total. The molecule has 1 aliphatic rings. The molecule has 1 aromatic carbocycles. The van der Waals surface area contributed by atoms with E-state index in [1.807, 2.05) is 31.1 Å². The fraction of sp³-hybridized carbons (Fsp3) is 0.474. The maximum atomic E-state index is 14.0. The average molecular weight is 518 g/mol. The maximum Gasteiger partial charge on any atom is 0.194 e. The number of hydrogen-bond donors (Lipinski definition) is 1. The van der Waals surface area contributed by atoms with E-state index in [4.69, 9.17) is 4.99 Å². The second kappa shape index (κ2) is 10.8. The zero-order valence-electron chi connectivity index (χ0n) is 16.6. The van der Waals surface area contributed by atoms with Crippen molar-refractivity contribution in [3.8, 4) is 0 Å². The molecule has 1 aliphatic heterocycles. The number of benzene rings is 1. The van der Waals surface area contributed by atoms with Gasteiger partial charge >= 0.3 is 0 Å². The first-order chi connectivity index (χ1) is 13.1. The van der Waals surface area contributed by atoms with Gasteiger partial charge in [-0.15, -0.1) is 35.3 Å². The van der Waals surface area contributed by atoms with Crippen LogP contribution in [0.1, 0.15) is 12.6 Å². The van der Waals surface area contributed by atoms with Crippen molar-refractivity contribution in [2.45, 2.75) is 13.5 Å². The Morgan fingerprint density at radius 2 is 1.96 bits per heavy atom. The number of aliphatic imine (C=N–C) groups is 1. The van der Waals surface area contributed by atoms with E-state index in [1.165, 1.54) is 6.07 Å². The quantitative estimate of drug-likeness (QED) is 0.374. The minimum absolute atomic E-state index is 0. The van der Waals surface area contributed by atoms with Gasteiger partial charge in [0.1, 0.15) is 5.82 Å². The van der Waals surface area contributed by atoms with Crippen LogP contribution in [0, 0.1) is 5.82 Å². The predicted octanol–water partition coefficient (Wildman–Crippen LogP) is 3.25. The summed E-state index contributed by atoms with van der Waals surface area (Å²) in [5.41, 5.74) is 1.65. The smallest absolute Gasteiger partial charge is 0.194 e. The number of nitrogens with zero attached hydrogens (tertiary/aromatic N) is 5. The molecule has 1 saturated heterocycles. The predicted molar refractivity (Wildman–Crippen MR) is 127 cm³/mol. The van der Waals surface area contributed by atoms with E-state index in [-0.39, 0.29) is 29.8 Å². The number of hydrogen-bond acceptors (Lipinski definition) is 5. The van der Waals surface area contributed by atoms with Crippen LogP contribution in [0.4, 0.5) is 15.2 Å². The minimum Gasteiger partial charge on any atom is -0.366 e. The normalized spacial score (nSPS) is 14.6. The van der Waals surface area contributed by atoms with Crippen LogP contribution < -0.4 is 15.1 Å². The highest BCUT2D eigenvalue weighted by Crippen LogP contribution is 2.21. The van der Waals surface area contributed by atoms with Crippen LogP contribution in [-0.2, 0) is 6.54 Å². The third kappa shape index (κ3) is 5.69. The molecule has 6 nitrogen and oxygen atoms in total. The van der Waals surface area contributed by atoms with Gasteiger partial charge in [0.25, 0.3) is 0 Å². The van der Waals surface area contributed by atoms with Gasteiger partial charge in [0.15, 0.2) is 11.1 Å². The van der Waals surface area contributed by atoms with Crippen LogP contribution >= 0.6 is 35.3 Å². The molecule has 0 radical (unpaired) electrons. The van der Waals surface area contributed by atoms with Crippen LogP contribution in [0.15, 0.2) is 34.6 Å². The Morgan fingerprint density at radius 3 is 2.57 bits per heavy atom.